The first kappa shape index (κ1) is 14.6. The van der Waals surface area contributed by atoms with E-state index in [-0.39, 0.29) is 16.8 Å². The Balaban J connectivity index is 2.17. The van der Waals surface area contributed by atoms with Crippen LogP contribution in [0.3, 0.4) is 0 Å². The number of aromatic amines is 1. The highest BCUT2D eigenvalue weighted by Crippen LogP contribution is 2.20. The Labute approximate surface area is 119 Å². The number of rotatable bonds is 5. The predicted molar refractivity (Wildman–Crippen MR) is 71.7 cm³/mol. The molecule has 0 saturated carbocycles. The fourth-order valence-corrected chi connectivity index (χ4v) is 2.91. The lowest BCUT2D eigenvalue weighted by molar-refractivity contribution is -0.134. The van der Waals surface area contributed by atoms with Crippen LogP contribution in [0.1, 0.15) is 25.8 Å². The number of hydrogen-bond acceptors (Lipinski definition) is 5. The van der Waals surface area contributed by atoms with Gasteiger partial charge in [-0.1, -0.05) is 11.8 Å². The Morgan fingerprint density at radius 2 is 2.10 bits per heavy atom. The van der Waals surface area contributed by atoms with Gasteiger partial charge in [0.25, 0.3) is 0 Å². The molecular formula is C11H16N4O4S. The third-order valence-electron chi connectivity index (χ3n) is 3.16. The van der Waals surface area contributed by atoms with Crippen molar-refractivity contribution in [3.05, 3.63) is 10.5 Å². The van der Waals surface area contributed by atoms with Gasteiger partial charge in [0.2, 0.25) is 5.91 Å². The average molecular weight is 300 g/mol. The van der Waals surface area contributed by atoms with Gasteiger partial charge in [0.05, 0.1) is 5.75 Å². The lowest BCUT2D eigenvalue weighted by Gasteiger charge is -2.21. The number of likely N-dealkylation sites (tertiary alicyclic amines) is 1. The van der Waals surface area contributed by atoms with Crippen molar-refractivity contribution in [1.29, 1.82) is 0 Å². The van der Waals surface area contributed by atoms with Crippen LogP contribution in [0.25, 0.3) is 0 Å². The Morgan fingerprint density at radius 1 is 1.45 bits per heavy atom. The quantitative estimate of drug-likeness (QED) is 0.737. The van der Waals surface area contributed by atoms with Gasteiger partial charge in [-0.15, -0.1) is 5.10 Å². The van der Waals surface area contributed by atoms with E-state index >= 15 is 0 Å². The summed E-state index contributed by atoms with van der Waals surface area (Å²) in [6, 6.07) is -0.685. The van der Waals surface area contributed by atoms with E-state index in [1.807, 2.05) is 0 Å². The van der Waals surface area contributed by atoms with E-state index < -0.39 is 17.7 Å². The number of hydrogen-bond donors (Lipinski definition) is 2. The topological polar surface area (TPSA) is 108 Å². The molecule has 1 aromatic heterocycles. The van der Waals surface area contributed by atoms with E-state index in [4.69, 9.17) is 5.11 Å². The highest BCUT2D eigenvalue weighted by atomic mass is 32.2. The maximum Gasteiger partial charge on any atom is 0.344 e. The molecule has 1 aliphatic rings. The number of nitrogens with zero attached hydrogens (tertiary/aromatic N) is 3. The minimum absolute atomic E-state index is 0.136. The summed E-state index contributed by atoms with van der Waals surface area (Å²) in [7, 11) is 0. The molecule has 1 amide bonds. The van der Waals surface area contributed by atoms with Crippen molar-refractivity contribution in [2.45, 2.75) is 31.0 Å². The number of carbonyl (C=O) groups excluding carboxylic acids is 1. The molecule has 0 aromatic carbocycles. The maximum atomic E-state index is 12.3. The first-order valence-corrected chi connectivity index (χ1v) is 7.29. The second kappa shape index (κ2) is 6.12. The SMILES string of the molecule is CC(C(=O)N1CCCC1)n1c(SCC(=O)O)n[nH]c1=O. The van der Waals surface area contributed by atoms with E-state index in [9.17, 15) is 14.4 Å². The molecule has 0 bridgehead atoms. The fraction of sp³-hybridized carbons (Fsp3) is 0.636. The number of amides is 1. The van der Waals surface area contributed by atoms with Crippen LogP contribution in [0.4, 0.5) is 0 Å². The molecule has 110 valence electrons. The summed E-state index contributed by atoms with van der Waals surface area (Å²) in [5, 5.41) is 14.9. The van der Waals surface area contributed by atoms with Crippen molar-refractivity contribution in [3.63, 3.8) is 0 Å². The largest absolute Gasteiger partial charge is 0.481 e. The summed E-state index contributed by atoms with van der Waals surface area (Å²) < 4.78 is 1.22. The van der Waals surface area contributed by atoms with E-state index in [1.54, 1.807) is 11.8 Å². The average Bonchev–Trinajstić information content (AvgIpc) is 3.04. The minimum atomic E-state index is -1.00. The molecule has 8 nitrogen and oxygen atoms in total. The second-order valence-corrected chi connectivity index (χ2v) is 5.51. The number of carboxylic acid groups (broad SMARTS) is 1. The number of nitrogens with one attached hydrogen (secondary N) is 1. The van der Waals surface area contributed by atoms with Crippen LogP contribution in [-0.4, -0.2) is 55.5 Å². The van der Waals surface area contributed by atoms with Gasteiger partial charge in [-0.2, -0.15) is 0 Å². The van der Waals surface area contributed by atoms with E-state index in [2.05, 4.69) is 10.2 Å². The normalized spacial score (nSPS) is 16.4. The van der Waals surface area contributed by atoms with Gasteiger partial charge in [-0.05, 0) is 19.8 Å². The molecule has 0 aliphatic carbocycles. The van der Waals surface area contributed by atoms with E-state index in [1.165, 1.54) is 4.57 Å². The van der Waals surface area contributed by atoms with Crippen molar-refractivity contribution in [3.8, 4) is 0 Å². The Hall–Kier alpha value is -1.77. The van der Waals surface area contributed by atoms with Crippen LogP contribution >= 0.6 is 11.8 Å². The highest BCUT2D eigenvalue weighted by molar-refractivity contribution is 7.99. The molecule has 1 saturated heterocycles. The zero-order valence-corrected chi connectivity index (χ0v) is 11.9. The number of carboxylic acids is 1. The van der Waals surface area contributed by atoms with Crippen LogP contribution in [-0.2, 0) is 9.59 Å². The van der Waals surface area contributed by atoms with Crippen molar-refractivity contribution in [1.82, 2.24) is 19.7 Å². The molecule has 0 spiro atoms. The standard InChI is InChI=1S/C11H16N4O4S/c1-7(9(18)14-4-2-3-5-14)15-10(19)12-13-11(15)20-6-8(16)17/h7H,2-6H2,1H3,(H,12,19)(H,16,17). The van der Waals surface area contributed by atoms with Crippen LogP contribution in [0.5, 0.6) is 0 Å². The van der Waals surface area contributed by atoms with Crippen molar-refractivity contribution in [2.75, 3.05) is 18.8 Å². The van der Waals surface area contributed by atoms with Crippen LogP contribution in [0, 0.1) is 0 Å². The van der Waals surface area contributed by atoms with Crippen molar-refractivity contribution < 1.29 is 14.7 Å². The maximum absolute atomic E-state index is 12.3. The van der Waals surface area contributed by atoms with Crippen LogP contribution in [0.2, 0.25) is 0 Å². The molecule has 1 aliphatic heterocycles. The van der Waals surface area contributed by atoms with Crippen LogP contribution in [0.15, 0.2) is 9.95 Å². The predicted octanol–water partition coefficient (Wildman–Crippen LogP) is -0.0685. The van der Waals surface area contributed by atoms with E-state index in [0.29, 0.717) is 13.1 Å². The number of carbonyl (C=O) groups is 2. The summed E-state index contributed by atoms with van der Waals surface area (Å²) in [6.45, 7) is 3.03. The molecule has 2 N–H and O–H groups in total. The molecule has 1 unspecified atom stereocenters. The Bertz CT molecular complexity index is 561. The summed E-state index contributed by atoms with van der Waals surface area (Å²) >= 11 is 0.915. The summed E-state index contributed by atoms with van der Waals surface area (Å²) in [5.74, 6) is -1.35. The molecule has 9 heteroatoms. The first-order chi connectivity index (χ1) is 9.50. The molecule has 1 fully saturated rings. The first-order valence-electron chi connectivity index (χ1n) is 6.31. The lowest BCUT2D eigenvalue weighted by atomic mass is 10.3. The van der Waals surface area contributed by atoms with Crippen molar-refractivity contribution in [2.24, 2.45) is 0 Å². The number of aromatic nitrogens is 3. The number of H-pyrrole nitrogens is 1. The van der Waals surface area contributed by atoms with E-state index in [0.717, 1.165) is 24.6 Å². The molecule has 1 atom stereocenters. The third-order valence-corrected chi connectivity index (χ3v) is 4.10. The number of thioether (sulfide) groups is 1. The second-order valence-electron chi connectivity index (χ2n) is 4.57. The van der Waals surface area contributed by atoms with Gasteiger partial charge < -0.3 is 10.0 Å². The fourth-order valence-electron chi connectivity index (χ4n) is 2.17. The molecule has 2 rings (SSSR count). The van der Waals surface area contributed by atoms with Gasteiger partial charge in [-0.3, -0.25) is 14.2 Å². The molecule has 2 heterocycles. The molecular weight excluding hydrogens is 284 g/mol. The number of aliphatic carboxylic acids is 1. The zero-order valence-electron chi connectivity index (χ0n) is 11.0. The lowest BCUT2D eigenvalue weighted by Crippen LogP contribution is -2.37. The van der Waals surface area contributed by atoms with Gasteiger partial charge >= 0.3 is 11.7 Å². The van der Waals surface area contributed by atoms with Gasteiger partial charge in [0.1, 0.15) is 6.04 Å². The van der Waals surface area contributed by atoms with Crippen LogP contribution < -0.4 is 5.69 Å². The highest BCUT2D eigenvalue weighted by Gasteiger charge is 2.27. The molecule has 0 radical (unpaired) electrons. The summed E-state index contributed by atoms with van der Waals surface area (Å²) in [4.78, 5) is 36.3. The summed E-state index contributed by atoms with van der Waals surface area (Å²) in [5.41, 5.74) is -0.502. The molecule has 1 aromatic rings. The minimum Gasteiger partial charge on any atom is -0.481 e. The smallest absolute Gasteiger partial charge is 0.344 e. The van der Waals surface area contributed by atoms with Gasteiger partial charge in [0, 0.05) is 13.1 Å². The summed E-state index contributed by atoms with van der Waals surface area (Å²) in [6.07, 6.45) is 1.94. The monoisotopic (exact) mass is 300 g/mol. The zero-order chi connectivity index (χ0) is 14.7. The van der Waals surface area contributed by atoms with Gasteiger partial charge in [-0.25, -0.2) is 9.89 Å². The van der Waals surface area contributed by atoms with Gasteiger partial charge in [0.15, 0.2) is 5.16 Å². The Morgan fingerprint density at radius 3 is 2.70 bits per heavy atom. The van der Waals surface area contributed by atoms with Crippen molar-refractivity contribution >= 4 is 23.6 Å². The third kappa shape index (κ3) is 3.03. The molecule has 20 heavy (non-hydrogen) atoms. The Kier molecular flexibility index (Phi) is 4.48.